The van der Waals surface area contributed by atoms with Gasteiger partial charge in [0.15, 0.2) is 5.82 Å². The van der Waals surface area contributed by atoms with E-state index in [0.717, 1.165) is 24.3 Å². The Hall–Kier alpha value is -1.58. The lowest BCUT2D eigenvalue weighted by molar-refractivity contribution is 0.798. The molecule has 3 heterocycles. The summed E-state index contributed by atoms with van der Waals surface area (Å²) in [6.07, 6.45) is 2.81. The van der Waals surface area contributed by atoms with E-state index in [2.05, 4.69) is 15.5 Å². The number of anilines is 1. The summed E-state index contributed by atoms with van der Waals surface area (Å²) in [5.41, 5.74) is 2.42. The van der Waals surface area contributed by atoms with Crippen molar-refractivity contribution in [2.75, 3.05) is 11.9 Å². The second kappa shape index (κ2) is 1.97. The molecule has 0 unspecified atom stereocenters. The molecule has 0 spiro atoms. The highest BCUT2D eigenvalue weighted by molar-refractivity contribution is 5.67. The molecule has 0 saturated heterocycles. The summed E-state index contributed by atoms with van der Waals surface area (Å²) in [4.78, 5) is 0. The lowest BCUT2D eigenvalue weighted by Crippen LogP contribution is -1.98. The Labute approximate surface area is 69.2 Å². The van der Waals surface area contributed by atoms with E-state index in [-0.39, 0.29) is 0 Å². The molecule has 0 radical (unpaired) electrons. The zero-order valence-electron chi connectivity index (χ0n) is 6.49. The van der Waals surface area contributed by atoms with E-state index in [0.29, 0.717) is 0 Å². The molecule has 1 N–H and O–H groups in total. The van der Waals surface area contributed by atoms with Crippen LogP contribution < -0.4 is 5.32 Å². The fourth-order valence-electron chi connectivity index (χ4n) is 1.64. The van der Waals surface area contributed by atoms with Crippen molar-refractivity contribution in [1.82, 2.24) is 14.8 Å². The van der Waals surface area contributed by atoms with E-state index in [9.17, 15) is 0 Å². The molecular formula is C8H8N4. The smallest absolute Gasteiger partial charge is 0.154 e. The third-order valence-electron chi connectivity index (χ3n) is 2.19. The Balaban J connectivity index is 2.44. The van der Waals surface area contributed by atoms with Gasteiger partial charge < -0.3 is 5.32 Å². The van der Waals surface area contributed by atoms with Crippen molar-refractivity contribution in [3.63, 3.8) is 0 Å². The minimum atomic E-state index is 0.994. The first-order valence-corrected chi connectivity index (χ1v) is 4.02. The van der Waals surface area contributed by atoms with Crippen molar-refractivity contribution in [3.8, 4) is 0 Å². The van der Waals surface area contributed by atoms with Crippen LogP contribution in [0.25, 0.3) is 5.52 Å². The van der Waals surface area contributed by atoms with Crippen LogP contribution in [0.1, 0.15) is 5.56 Å². The summed E-state index contributed by atoms with van der Waals surface area (Å²) >= 11 is 0. The van der Waals surface area contributed by atoms with Crippen LogP contribution in [0.3, 0.4) is 0 Å². The van der Waals surface area contributed by atoms with Crippen LogP contribution in [-0.4, -0.2) is 21.4 Å². The molecule has 2 aromatic rings. The van der Waals surface area contributed by atoms with Gasteiger partial charge in [0.25, 0.3) is 0 Å². The predicted octanol–water partition coefficient (Wildman–Crippen LogP) is 0.697. The van der Waals surface area contributed by atoms with Crippen LogP contribution in [0, 0.1) is 0 Å². The minimum absolute atomic E-state index is 0.994. The van der Waals surface area contributed by atoms with E-state index < -0.39 is 0 Å². The molecular weight excluding hydrogens is 152 g/mol. The molecule has 4 heteroatoms. The SMILES string of the molecule is c1cnn2nc3c(c2c1)CCN3. The summed E-state index contributed by atoms with van der Waals surface area (Å²) in [6.45, 7) is 1.00. The van der Waals surface area contributed by atoms with Gasteiger partial charge in [0.05, 0.1) is 5.52 Å². The number of fused-ring (bicyclic) bond motifs is 3. The molecule has 0 bridgehead atoms. The van der Waals surface area contributed by atoms with E-state index in [4.69, 9.17) is 0 Å². The quantitative estimate of drug-likeness (QED) is 0.616. The molecule has 2 aromatic heterocycles. The first-order valence-electron chi connectivity index (χ1n) is 4.02. The molecule has 1 aliphatic heterocycles. The lowest BCUT2D eigenvalue weighted by Gasteiger charge is -1.91. The third-order valence-corrected chi connectivity index (χ3v) is 2.19. The van der Waals surface area contributed by atoms with Gasteiger partial charge in [-0.3, -0.25) is 0 Å². The van der Waals surface area contributed by atoms with Crippen molar-refractivity contribution in [1.29, 1.82) is 0 Å². The lowest BCUT2D eigenvalue weighted by atomic mass is 10.2. The molecule has 0 atom stereocenters. The molecule has 0 amide bonds. The molecule has 0 aromatic carbocycles. The van der Waals surface area contributed by atoms with Gasteiger partial charge in [-0.05, 0) is 18.6 Å². The molecule has 12 heavy (non-hydrogen) atoms. The number of hydrogen-bond acceptors (Lipinski definition) is 3. The van der Waals surface area contributed by atoms with Crippen molar-refractivity contribution in [3.05, 3.63) is 23.9 Å². The molecule has 0 fully saturated rings. The summed E-state index contributed by atoms with van der Waals surface area (Å²) in [6, 6.07) is 3.99. The van der Waals surface area contributed by atoms with Crippen LogP contribution in [0.15, 0.2) is 18.3 Å². The first-order chi connectivity index (χ1) is 5.95. The Morgan fingerprint density at radius 2 is 2.50 bits per heavy atom. The van der Waals surface area contributed by atoms with E-state index >= 15 is 0 Å². The fraction of sp³-hybridized carbons (Fsp3) is 0.250. The topological polar surface area (TPSA) is 42.2 Å². The van der Waals surface area contributed by atoms with Crippen molar-refractivity contribution >= 4 is 11.3 Å². The van der Waals surface area contributed by atoms with Gasteiger partial charge in [-0.2, -0.15) is 5.10 Å². The van der Waals surface area contributed by atoms with Crippen LogP contribution in [0.4, 0.5) is 5.82 Å². The highest BCUT2D eigenvalue weighted by atomic mass is 15.4. The second-order valence-electron chi connectivity index (χ2n) is 2.90. The number of nitrogens with one attached hydrogen (secondary N) is 1. The molecule has 4 nitrogen and oxygen atoms in total. The monoisotopic (exact) mass is 160 g/mol. The normalized spacial score (nSPS) is 14.7. The summed E-state index contributed by atoms with van der Waals surface area (Å²) in [7, 11) is 0. The zero-order valence-corrected chi connectivity index (χ0v) is 6.49. The van der Waals surface area contributed by atoms with Gasteiger partial charge in [0.1, 0.15) is 0 Å². The summed E-state index contributed by atoms with van der Waals surface area (Å²) < 4.78 is 1.68. The maximum atomic E-state index is 4.29. The fourth-order valence-corrected chi connectivity index (χ4v) is 1.64. The largest absolute Gasteiger partial charge is 0.368 e. The number of hydrogen-bond donors (Lipinski definition) is 1. The van der Waals surface area contributed by atoms with E-state index in [1.807, 2.05) is 12.1 Å². The van der Waals surface area contributed by atoms with Gasteiger partial charge >= 0.3 is 0 Å². The molecule has 1 aliphatic rings. The standard InChI is InChI=1S/C8H8N4/c1-2-7-6-3-5-9-8(6)11-12(7)10-4-1/h1-2,4H,3,5H2,(H,9,11). The summed E-state index contributed by atoms with van der Waals surface area (Å²) in [5, 5.41) is 11.6. The van der Waals surface area contributed by atoms with Crippen LogP contribution >= 0.6 is 0 Å². The Bertz CT molecular complexity index is 432. The molecule has 60 valence electrons. The molecule has 3 rings (SSSR count). The highest BCUT2D eigenvalue weighted by Gasteiger charge is 2.17. The van der Waals surface area contributed by atoms with E-state index in [1.165, 1.54) is 5.56 Å². The number of aromatic nitrogens is 3. The second-order valence-corrected chi connectivity index (χ2v) is 2.90. The predicted molar refractivity (Wildman–Crippen MR) is 45.2 cm³/mol. The Morgan fingerprint density at radius 3 is 3.50 bits per heavy atom. The Morgan fingerprint density at radius 1 is 1.50 bits per heavy atom. The maximum absolute atomic E-state index is 4.29. The van der Waals surface area contributed by atoms with Gasteiger partial charge in [-0.15, -0.1) is 9.73 Å². The van der Waals surface area contributed by atoms with Gasteiger partial charge in [0.2, 0.25) is 0 Å². The van der Waals surface area contributed by atoms with Crippen LogP contribution in [0.5, 0.6) is 0 Å². The number of nitrogens with zero attached hydrogens (tertiary/aromatic N) is 3. The van der Waals surface area contributed by atoms with Crippen LogP contribution in [-0.2, 0) is 6.42 Å². The van der Waals surface area contributed by atoms with Crippen molar-refractivity contribution < 1.29 is 0 Å². The van der Waals surface area contributed by atoms with Crippen molar-refractivity contribution in [2.24, 2.45) is 0 Å². The number of rotatable bonds is 0. The van der Waals surface area contributed by atoms with E-state index in [1.54, 1.807) is 10.8 Å². The maximum Gasteiger partial charge on any atom is 0.154 e. The average Bonchev–Trinajstić information content (AvgIpc) is 2.62. The average molecular weight is 160 g/mol. The van der Waals surface area contributed by atoms with Crippen molar-refractivity contribution in [2.45, 2.75) is 6.42 Å². The molecule has 0 saturated carbocycles. The van der Waals surface area contributed by atoms with Crippen LogP contribution in [0.2, 0.25) is 0 Å². The zero-order chi connectivity index (χ0) is 7.97. The summed E-state index contributed by atoms with van der Waals surface area (Å²) in [5.74, 6) is 0.994. The Kier molecular flexibility index (Phi) is 0.983. The van der Waals surface area contributed by atoms with Gasteiger partial charge in [0, 0.05) is 18.3 Å². The highest BCUT2D eigenvalue weighted by Crippen LogP contribution is 2.23. The first kappa shape index (κ1) is 5.99. The van der Waals surface area contributed by atoms with Gasteiger partial charge in [-0.1, -0.05) is 0 Å². The van der Waals surface area contributed by atoms with Gasteiger partial charge in [-0.25, -0.2) is 0 Å². The minimum Gasteiger partial charge on any atom is -0.368 e. The molecule has 0 aliphatic carbocycles. The third kappa shape index (κ3) is 0.617.